The van der Waals surface area contributed by atoms with E-state index in [1.165, 1.54) is 4.90 Å². The van der Waals surface area contributed by atoms with Gasteiger partial charge >= 0.3 is 0 Å². The van der Waals surface area contributed by atoms with Gasteiger partial charge in [-0.3, -0.25) is 14.5 Å². The number of rotatable bonds is 5. The van der Waals surface area contributed by atoms with Crippen LogP contribution < -0.4 is 0 Å². The van der Waals surface area contributed by atoms with E-state index < -0.39 is 0 Å². The maximum absolute atomic E-state index is 11.3. The van der Waals surface area contributed by atoms with Crippen LogP contribution in [0.5, 0.6) is 0 Å². The molecule has 0 aliphatic carbocycles. The number of carbonyl (C=O) groups is 2. The molecule has 0 rings (SSSR count). The first-order chi connectivity index (χ1) is 6.13. The lowest BCUT2D eigenvalue weighted by molar-refractivity contribution is -0.143. The molecule has 0 aromatic rings. The average molecular weight is 185 g/mol. The molecule has 0 bridgehead atoms. The van der Waals surface area contributed by atoms with Crippen LogP contribution in [-0.2, 0) is 9.59 Å². The van der Waals surface area contributed by atoms with E-state index in [0.717, 1.165) is 19.3 Å². The van der Waals surface area contributed by atoms with E-state index in [1.54, 1.807) is 14.0 Å². The van der Waals surface area contributed by atoms with Crippen LogP contribution in [0.25, 0.3) is 0 Å². The molecule has 0 atom stereocenters. The summed E-state index contributed by atoms with van der Waals surface area (Å²) in [7, 11) is 1.56. The van der Waals surface area contributed by atoms with Crippen LogP contribution >= 0.6 is 0 Å². The minimum Gasteiger partial charge on any atom is -0.286 e. The third-order valence-corrected chi connectivity index (χ3v) is 2.04. The summed E-state index contributed by atoms with van der Waals surface area (Å²) < 4.78 is 0. The van der Waals surface area contributed by atoms with E-state index in [-0.39, 0.29) is 11.8 Å². The average Bonchev–Trinajstić information content (AvgIpc) is 2.15. The first kappa shape index (κ1) is 12.1. The van der Waals surface area contributed by atoms with Crippen LogP contribution in [0.3, 0.4) is 0 Å². The lowest BCUT2D eigenvalue weighted by Crippen LogP contribution is -2.32. The normalized spacial score (nSPS) is 9.77. The third-order valence-electron chi connectivity index (χ3n) is 2.04. The lowest BCUT2D eigenvalue weighted by Gasteiger charge is -2.13. The van der Waals surface area contributed by atoms with Gasteiger partial charge in [-0.1, -0.05) is 26.7 Å². The van der Waals surface area contributed by atoms with Crippen molar-refractivity contribution in [1.29, 1.82) is 0 Å². The van der Waals surface area contributed by atoms with Gasteiger partial charge in [-0.25, -0.2) is 0 Å². The Morgan fingerprint density at radius 2 is 1.69 bits per heavy atom. The monoisotopic (exact) mass is 185 g/mol. The molecule has 0 fully saturated rings. The maximum atomic E-state index is 11.3. The highest BCUT2D eigenvalue weighted by molar-refractivity contribution is 5.94. The van der Waals surface area contributed by atoms with E-state index in [0.29, 0.717) is 12.8 Å². The Morgan fingerprint density at radius 3 is 2.15 bits per heavy atom. The molecular formula is C10H19NO2. The minimum atomic E-state index is -0.0958. The Morgan fingerprint density at radius 1 is 1.08 bits per heavy atom. The SMILES string of the molecule is CCCCCC(=O)N(C)C(=O)CC. The number of carbonyl (C=O) groups excluding carboxylic acids is 2. The third kappa shape index (κ3) is 4.65. The highest BCUT2D eigenvalue weighted by atomic mass is 16.2. The molecule has 0 aromatic carbocycles. The van der Waals surface area contributed by atoms with Crippen LogP contribution in [0, 0.1) is 0 Å². The van der Waals surface area contributed by atoms with Crippen LogP contribution in [0.4, 0.5) is 0 Å². The Kier molecular flexibility index (Phi) is 6.20. The number of imide groups is 1. The molecule has 0 unspecified atom stereocenters. The van der Waals surface area contributed by atoms with Crippen LogP contribution in [0.1, 0.15) is 46.0 Å². The van der Waals surface area contributed by atoms with Crippen molar-refractivity contribution in [2.45, 2.75) is 46.0 Å². The van der Waals surface area contributed by atoms with E-state index in [9.17, 15) is 9.59 Å². The van der Waals surface area contributed by atoms with Gasteiger partial charge in [-0.2, -0.15) is 0 Å². The predicted molar refractivity (Wildman–Crippen MR) is 52.2 cm³/mol. The molecule has 0 spiro atoms. The largest absolute Gasteiger partial charge is 0.286 e. The Labute approximate surface area is 80.1 Å². The van der Waals surface area contributed by atoms with Gasteiger partial charge < -0.3 is 0 Å². The lowest BCUT2D eigenvalue weighted by atomic mass is 10.2. The molecule has 0 saturated heterocycles. The second-order valence-electron chi connectivity index (χ2n) is 3.16. The van der Waals surface area contributed by atoms with Crippen molar-refractivity contribution >= 4 is 11.8 Å². The molecule has 3 nitrogen and oxygen atoms in total. The topological polar surface area (TPSA) is 37.4 Å². The van der Waals surface area contributed by atoms with Crippen LogP contribution in [-0.4, -0.2) is 23.8 Å². The molecule has 3 heteroatoms. The summed E-state index contributed by atoms with van der Waals surface area (Å²) in [5.74, 6) is -0.151. The summed E-state index contributed by atoms with van der Waals surface area (Å²) in [6.45, 7) is 3.85. The summed E-state index contributed by atoms with van der Waals surface area (Å²) in [6, 6.07) is 0. The first-order valence-corrected chi connectivity index (χ1v) is 4.92. The van der Waals surface area contributed by atoms with Gasteiger partial charge in [0.1, 0.15) is 0 Å². The molecule has 0 saturated carbocycles. The number of hydrogen-bond acceptors (Lipinski definition) is 2. The quantitative estimate of drug-likeness (QED) is 0.614. The van der Waals surface area contributed by atoms with Crippen molar-refractivity contribution in [3.05, 3.63) is 0 Å². The fraction of sp³-hybridized carbons (Fsp3) is 0.800. The van der Waals surface area contributed by atoms with Crippen LogP contribution in [0.15, 0.2) is 0 Å². The number of hydrogen-bond donors (Lipinski definition) is 0. The molecule has 0 radical (unpaired) electrons. The molecule has 76 valence electrons. The molecule has 0 aromatic heterocycles. The van der Waals surface area contributed by atoms with Gasteiger partial charge in [0.05, 0.1) is 0 Å². The molecule has 0 heterocycles. The summed E-state index contributed by atoms with van der Waals surface area (Å²) in [5, 5.41) is 0. The standard InChI is InChI=1S/C10H19NO2/c1-4-6-7-8-10(13)11(3)9(12)5-2/h4-8H2,1-3H3. The molecule has 0 aliphatic heterocycles. The second-order valence-corrected chi connectivity index (χ2v) is 3.16. The maximum Gasteiger partial charge on any atom is 0.228 e. The Bertz CT molecular complexity index is 178. The summed E-state index contributed by atoms with van der Waals surface area (Å²) in [6.07, 6.45) is 3.93. The number of nitrogens with zero attached hydrogens (tertiary/aromatic N) is 1. The van der Waals surface area contributed by atoms with Gasteiger partial charge in [0.25, 0.3) is 0 Å². The number of unbranched alkanes of at least 4 members (excludes halogenated alkanes) is 2. The zero-order valence-corrected chi connectivity index (χ0v) is 8.80. The second kappa shape index (κ2) is 6.63. The molecule has 13 heavy (non-hydrogen) atoms. The van der Waals surface area contributed by atoms with Crippen molar-refractivity contribution in [2.24, 2.45) is 0 Å². The smallest absolute Gasteiger partial charge is 0.228 e. The van der Waals surface area contributed by atoms with E-state index in [1.807, 2.05) is 0 Å². The van der Waals surface area contributed by atoms with Gasteiger partial charge in [-0.05, 0) is 6.42 Å². The van der Waals surface area contributed by atoms with Crippen molar-refractivity contribution in [2.75, 3.05) is 7.05 Å². The molecular weight excluding hydrogens is 166 g/mol. The van der Waals surface area contributed by atoms with E-state index in [2.05, 4.69) is 6.92 Å². The minimum absolute atomic E-state index is 0.0553. The highest BCUT2D eigenvalue weighted by Crippen LogP contribution is 2.02. The fourth-order valence-corrected chi connectivity index (χ4v) is 1.07. The van der Waals surface area contributed by atoms with Gasteiger partial charge in [0, 0.05) is 19.9 Å². The Balaban J connectivity index is 3.76. The fourth-order valence-electron chi connectivity index (χ4n) is 1.07. The summed E-state index contributed by atoms with van der Waals surface area (Å²) in [4.78, 5) is 23.6. The van der Waals surface area contributed by atoms with Gasteiger partial charge in [0.2, 0.25) is 11.8 Å². The molecule has 0 aliphatic rings. The zero-order valence-electron chi connectivity index (χ0n) is 8.80. The predicted octanol–water partition coefficient (Wildman–Crippen LogP) is 1.96. The van der Waals surface area contributed by atoms with E-state index in [4.69, 9.17) is 0 Å². The van der Waals surface area contributed by atoms with E-state index >= 15 is 0 Å². The van der Waals surface area contributed by atoms with Gasteiger partial charge in [-0.15, -0.1) is 0 Å². The highest BCUT2D eigenvalue weighted by Gasteiger charge is 2.13. The van der Waals surface area contributed by atoms with Crippen LogP contribution in [0.2, 0.25) is 0 Å². The molecule has 2 amide bonds. The van der Waals surface area contributed by atoms with Crippen molar-refractivity contribution in [3.8, 4) is 0 Å². The van der Waals surface area contributed by atoms with Crippen molar-refractivity contribution < 1.29 is 9.59 Å². The summed E-state index contributed by atoms with van der Waals surface area (Å²) >= 11 is 0. The summed E-state index contributed by atoms with van der Waals surface area (Å²) in [5.41, 5.74) is 0. The molecule has 0 N–H and O–H groups in total. The first-order valence-electron chi connectivity index (χ1n) is 4.92. The zero-order chi connectivity index (χ0) is 10.3. The Hall–Kier alpha value is -0.860. The van der Waals surface area contributed by atoms with Gasteiger partial charge in [0.15, 0.2) is 0 Å². The van der Waals surface area contributed by atoms with Crippen molar-refractivity contribution in [3.63, 3.8) is 0 Å². The number of amides is 2. The van der Waals surface area contributed by atoms with Crippen molar-refractivity contribution in [1.82, 2.24) is 4.90 Å².